The molecule has 1 saturated heterocycles. The predicted octanol–water partition coefficient (Wildman–Crippen LogP) is 1.71. The number of carbonyl (C=O) groups is 1. The summed E-state index contributed by atoms with van der Waals surface area (Å²) in [7, 11) is 1.59. The van der Waals surface area contributed by atoms with E-state index in [1.54, 1.807) is 7.11 Å². The first-order valence-electron chi connectivity index (χ1n) is 5.18. The van der Waals surface area contributed by atoms with Crippen LogP contribution in [0.25, 0.3) is 0 Å². The molecule has 1 aromatic carbocycles. The molecule has 1 heterocycles. The Labute approximate surface area is 89.7 Å². The zero-order valence-electron chi connectivity index (χ0n) is 8.90. The lowest BCUT2D eigenvalue weighted by Gasteiger charge is -2.31. The third kappa shape index (κ3) is 2.02. The van der Waals surface area contributed by atoms with Crippen LogP contribution < -0.4 is 4.74 Å². The maximum atomic E-state index is 11.0. The van der Waals surface area contributed by atoms with E-state index in [0.717, 1.165) is 31.5 Å². The van der Waals surface area contributed by atoms with Crippen molar-refractivity contribution in [2.45, 2.75) is 13.0 Å². The van der Waals surface area contributed by atoms with Gasteiger partial charge in [0.2, 0.25) is 0 Å². The Bertz CT molecular complexity index is 359. The van der Waals surface area contributed by atoms with E-state index in [4.69, 9.17) is 4.74 Å². The SMILES string of the molecule is COc1cccc(CN2CCC2)c1C=O. The van der Waals surface area contributed by atoms with Crippen LogP contribution in [0.5, 0.6) is 5.75 Å². The summed E-state index contributed by atoms with van der Waals surface area (Å²) in [5.74, 6) is 0.669. The second-order valence-electron chi connectivity index (χ2n) is 3.78. The second kappa shape index (κ2) is 4.45. The minimum atomic E-state index is 0.669. The molecule has 0 spiro atoms. The van der Waals surface area contributed by atoms with Crippen LogP contribution in [0.3, 0.4) is 0 Å². The topological polar surface area (TPSA) is 29.5 Å². The summed E-state index contributed by atoms with van der Waals surface area (Å²) in [4.78, 5) is 13.3. The summed E-state index contributed by atoms with van der Waals surface area (Å²) in [6.45, 7) is 3.12. The predicted molar refractivity (Wildman–Crippen MR) is 58.3 cm³/mol. The Kier molecular flexibility index (Phi) is 3.02. The van der Waals surface area contributed by atoms with Crippen molar-refractivity contribution in [2.75, 3.05) is 20.2 Å². The summed E-state index contributed by atoms with van der Waals surface area (Å²) >= 11 is 0. The first kappa shape index (κ1) is 10.2. The van der Waals surface area contributed by atoms with Crippen LogP contribution in [0.15, 0.2) is 18.2 Å². The number of benzene rings is 1. The Morgan fingerprint density at radius 1 is 1.47 bits per heavy atom. The number of rotatable bonds is 4. The van der Waals surface area contributed by atoms with Crippen molar-refractivity contribution in [1.82, 2.24) is 4.90 Å². The zero-order chi connectivity index (χ0) is 10.7. The van der Waals surface area contributed by atoms with Crippen LogP contribution in [0, 0.1) is 0 Å². The molecule has 1 aromatic rings. The molecule has 0 atom stereocenters. The van der Waals surface area contributed by atoms with E-state index in [0.29, 0.717) is 11.3 Å². The summed E-state index contributed by atoms with van der Waals surface area (Å²) in [5.41, 5.74) is 1.75. The maximum Gasteiger partial charge on any atom is 0.154 e. The fourth-order valence-corrected chi connectivity index (χ4v) is 1.82. The molecule has 0 N–H and O–H groups in total. The van der Waals surface area contributed by atoms with E-state index in [-0.39, 0.29) is 0 Å². The molecule has 3 nitrogen and oxygen atoms in total. The van der Waals surface area contributed by atoms with Crippen molar-refractivity contribution in [3.05, 3.63) is 29.3 Å². The quantitative estimate of drug-likeness (QED) is 0.701. The molecule has 0 bridgehead atoms. The molecule has 15 heavy (non-hydrogen) atoms. The second-order valence-corrected chi connectivity index (χ2v) is 3.78. The van der Waals surface area contributed by atoms with Crippen LogP contribution in [-0.4, -0.2) is 31.4 Å². The monoisotopic (exact) mass is 205 g/mol. The number of carbonyl (C=O) groups excluding carboxylic acids is 1. The maximum absolute atomic E-state index is 11.0. The van der Waals surface area contributed by atoms with Gasteiger partial charge in [0.1, 0.15) is 5.75 Å². The van der Waals surface area contributed by atoms with Crippen LogP contribution in [0.1, 0.15) is 22.3 Å². The number of hydrogen-bond acceptors (Lipinski definition) is 3. The molecule has 3 heteroatoms. The van der Waals surface area contributed by atoms with Crippen molar-refractivity contribution >= 4 is 6.29 Å². The molecule has 0 saturated carbocycles. The molecule has 1 fully saturated rings. The minimum Gasteiger partial charge on any atom is -0.496 e. The lowest BCUT2D eigenvalue weighted by atomic mass is 10.1. The standard InChI is InChI=1S/C12H15NO2/c1-15-12-5-2-4-10(11(12)9-14)8-13-6-3-7-13/h2,4-5,9H,3,6-8H2,1H3. The van der Waals surface area contributed by atoms with Crippen molar-refractivity contribution in [3.63, 3.8) is 0 Å². The van der Waals surface area contributed by atoms with Crippen molar-refractivity contribution in [1.29, 1.82) is 0 Å². The summed E-state index contributed by atoms with van der Waals surface area (Å²) in [6.07, 6.45) is 2.15. The molecule has 0 amide bonds. The zero-order valence-corrected chi connectivity index (χ0v) is 8.90. The molecule has 0 aromatic heterocycles. The number of aldehydes is 1. The lowest BCUT2D eigenvalue weighted by molar-refractivity contribution is 0.111. The van der Waals surface area contributed by atoms with E-state index in [1.165, 1.54) is 6.42 Å². The Hall–Kier alpha value is -1.35. The van der Waals surface area contributed by atoms with Crippen LogP contribution in [0.2, 0.25) is 0 Å². The van der Waals surface area contributed by atoms with E-state index in [9.17, 15) is 4.79 Å². The fourth-order valence-electron chi connectivity index (χ4n) is 1.82. The van der Waals surface area contributed by atoms with Crippen LogP contribution in [0.4, 0.5) is 0 Å². The summed E-state index contributed by atoms with van der Waals surface area (Å²) in [5, 5.41) is 0. The number of ether oxygens (including phenoxy) is 1. The Balaban J connectivity index is 2.23. The number of methoxy groups -OCH3 is 1. The number of likely N-dealkylation sites (tertiary alicyclic amines) is 1. The Morgan fingerprint density at radius 3 is 2.80 bits per heavy atom. The highest BCUT2D eigenvalue weighted by atomic mass is 16.5. The van der Waals surface area contributed by atoms with Gasteiger partial charge in [-0.2, -0.15) is 0 Å². The van der Waals surface area contributed by atoms with E-state index in [2.05, 4.69) is 4.90 Å². The van der Waals surface area contributed by atoms with Gasteiger partial charge in [-0.05, 0) is 31.1 Å². The van der Waals surface area contributed by atoms with E-state index < -0.39 is 0 Å². The van der Waals surface area contributed by atoms with Gasteiger partial charge in [-0.15, -0.1) is 0 Å². The highest BCUT2D eigenvalue weighted by Crippen LogP contribution is 2.22. The normalized spacial score (nSPS) is 15.8. The largest absolute Gasteiger partial charge is 0.496 e. The highest BCUT2D eigenvalue weighted by molar-refractivity contribution is 5.81. The van der Waals surface area contributed by atoms with E-state index in [1.807, 2.05) is 18.2 Å². The first-order valence-corrected chi connectivity index (χ1v) is 5.18. The average molecular weight is 205 g/mol. The number of hydrogen-bond donors (Lipinski definition) is 0. The lowest BCUT2D eigenvalue weighted by Crippen LogP contribution is -2.36. The van der Waals surface area contributed by atoms with Crippen LogP contribution in [-0.2, 0) is 6.54 Å². The summed E-state index contributed by atoms with van der Waals surface area (Å²) < 4.78 is 5.16. The van der Waals surface area contributed by atoms with E-state index >= 15 is 0 Å². The van der Waals surface area contributed by atoms with Crippen molar-refractivity contribution < 1.29 is 9.53 Å². The van der Waals surface area contributed by atoms with Gasteiger partial charge in [0.05, 0.1) is 12.7 Å². The molecule has 1 aliphatic rings. The molecule has 2 rings (SSSR count). The van der Waals surface area contributed by atoms with Gasteiger partial charge >= 0.3 is 0 Å². The fraction of sp³-hybridized carbons (Fsp3) is 0.417. The molecule has 0 unspecified atom stereocenters. The van der Waals surface area contributed by atoms with Gasteiger partial charge < -0.3 is 4.74 Å². The molecule has 80 valence electrons. The third-order valence-corrected chi connectivity index (χ3v) is 2.84. The third-order valence-electron chi connectivity index (χ3n) is 2.84. The minimum absolute atomic E-state index is 0.669. The molecule has 1 aliphatic heterocycles. The number of nitrogens with zero attached hydrogens (tertiary/aromatic N) is 1. The average Bonchev–Trinajstić information content (AvgIpc) is 2.22. The van der Waals surface area contributed by atoms with Gasteiger partial charge in [0, 0.05) is 6.54 Å². The molecule has 0 aliphatic carbocycles. The van der Waals surface area contributed by atoms with Gasteiger partial charge in [0.15, 0.2) is 6.29 Å². The molecular formula is C12H15NO2. The smallest absolute Gasteiger partial charge is 0.154 e. The van der Waals surface area contributed by atoms with Crippen molar-refractivity contribution in [2.24, 2.45) is 0 Å². The molecular weight excluding hydrogens is 190 g/mol. The molecule has 0 radical (unpaired) electrons. The van der Waals surface area contributed by atoms with Gasteiger partial charge in [-0.1, -0.05) is 12.1 Å². The van der Waals surface area contributed by atoms with Gasteiger partial charge in [0.25, 0.3) is 0 Å². The van der Waals surface area contributed by atoms with Gasteiger partial charge in [-0.3, -0.25) is 9.69 Å². The summed E-state index contributed by atoms with van der Waals surface area (Å²) in [6, 6.07) is 5.74. The van der Waals surface area contributed by atoms with Gasteiger partial charge in [-0.25, -0.2) is 0 Å². The van der Waals surface area contributed by atoms with Crippen LogP contribution >= 0.6 is 0 Å². The Morgan fingerprint density at radius 2 is 2.27 bits per heavy atom. The first-order chi connectivity index (χ1) is 7.35. The highest BCUT2D eigenvalue weighted by Gasteiger charge is 2.16. The van der Waals surface area contributed by atoms with Crippen molar-refractivity contribution in [3.8, 4) is 5.75 Å².